The first kappa shape index (κ1) is 9.32. The summed E-state index contributed by atoms with van der Waals surface area (Å²) < 4.78 is 0. The molecule has 0 unspecified atom stereocenters. The summed E-state index contributed by atoms with van der Waals surface area (Å²) in [6.07, 6.45) is 4.33. The smallest absolute Gasteiger partial charge is 0.146 e. The highest BCUT2D eigenvalue weighted by molar-refractivity contribution is 8.13. The van der Waals surface area contributed by atoms with Crippen molar-refractivity contribution in [3.8, 4) is 11.8 Å². The van der Waals surface area contributed by atoms with Gasteiger partial charge in [-0.1, -0.05) is 19.4 Å². The van der Waals surface area contributed by atoms with E-state index in [0.29, 0.717) is 0 Å². The fourth-order valence-corrected chi connectivity index (χ4v) is 0.737. The molecule has 10 heavy (non-hydrogen) atoms. The third-order valence-electron chi connectivity index (χ3n) is 0.774. The van der Waals surface area contributed by atoms with Gasteiger partial charge in [0.25, 0.3) is 0 Å². The molecule has 0 radical (unpaired) electrons. The van der Waals surface area contributed by atoms with Crippen molar-refractivity contribution < 1.29 is 0 Å². The standard InChI is InChI=1S/C8H11NS/c1-4-6-7-8(10-3)9-5-2/h5H,2,4H2,1,3H3. The summed E-state index contributed by atoms with van der Waals surface area (Å²) in [6.45, 7) is 5.50. The molecule has 0 aromatic rings. The van der Waals surface area contributed by atoms with Gasteiger partial charge in [-0.25, -0.2) is 4.99 Å². The zero-order chi connectivity index (χ0) is 7.82. The van der Waals surface area contributed by atoms with Crippen molar-refractivity contribution in [3.63, 3.8) is 0 Å². The monoisotopic (exact) mass is 153 g/mol. The molecule has 54 valence electrons. The summed E-state index contributed by atoms with van der Waals surface area (Å²) >= 11 is 1.54. The molecular formula is C8H11NS. The minimum atomic E-state index is 0.830. The molecule has 0 saturated carbocycles. The topological polar surface area (TPSA) is 12.4 Å². The van der Waals surface area contributed by atoms with Crippen molar-refractivity contribution >= 4 is 16.8 Å². The zero-order valence-corrected chi connectivity index (χ0v) is 7.16. The molecular weight excluding hydrogens is 142 g/mol. The summed E-state index contributed by atoms with van der Waals surface area (Å²) in [5, 5.41) is 0.830. The van der Waals surface area contributed by atoms with E-state index < -0.39 is 0 Å². The molecule has 0 aromatic heterocycles. The quantitative estimate of drug-likeness (QED) is 0.320. The van der Waals surface area contributed by atoms with Gasteiger partial charge in [0.05, 0.1) is 0 Å². The molecule has 0 bridgehead atoms. The van der Waals surface area contributed by atoms with Crippen LogP contribution in [0.2, 0.25) is 0 Å². The molecule has 0 spiro atoms. The second-order valence-electron chi connectivity index (χ2n) is 1.48. The molecule has 0 aromatic carbocycles. The largest absolute Gasteiger partial charge is 0.241 e. The van der Waals surface area contributed by atoms with E-state index in [0.717, 1.165) is 11.5 Å². The number of hydrogen-bond acceptors (Lipinski definition) is 2. The van der Waals surface area contributed by atoms with Crippen LogP contribution in [0.15, 0.2) is 17.8 Å². The predicted molar refractivity (Wildman–Crippen MR) is 49.2 cm³/mol. The zero-order valence-electron chi connectivity index (χ0n) is 6.35. The van der Waals surface area contributed by atoms with Gasteiger partial charge < -0.3 is 0 Å². The van der Waals surface area contributed by atoms with E-state index in [4.69, 9.17) is 0 Å². The molecule has 0 aliphatic rings. The summed E-state index contributed by atoms with van der Waals surface area (Å²) in [5.41, 5.74) is 0. The normalized spacial score (nSPS) is 10.0. The Kier molecular flexibility index (Phi) is 6.00. The molecule has 0 fully saturated rings. The Morgan fingerprint density at radius 1 is 1.80 bits per heavy atom. The molecule has 0 aliphatic carbocycles. The highest BCUT2D eigenvalue weighted by atomic mass is 32.2. The Labute approximate surface area is 66.6 Å². The van der Waals surface area contributed by atoms with E-state index in [2.05, 4.69) is 23.4 Å². The van der Waals surface area contributed by atoms with Gasteiger partial charge in [-0.3, -0.25) is 0 Å². The first-order chi connectivity index (χ1) is 4.85. The fourth-order valence-electron chi connectivity index (χ4n) is 0.383. The number of thioether (sulfide) groups is 1. The van der Waals surface area contributed by atoms with Gasteiger partial charge in [0.15, 0.2) is 0 Å². The molecule has 0 atom stereocenters. The van der Waals surface area contributed by atoms with Crippen LogP contribution in [0.1, 0.15) is 13.3 Å². The number of aliphatic imine (C=N–C) groups is 1. The van der Waals surface area contributed by atoms with Gasteiger partial charge in [0.2, 0.25) is 0 Å². The Balaban J connectivity index is 4.07. The Hall–Kier alpha value is -0.680. The lowest BCUT2D eigenvalue weighted by atomic mass is 10.5. The van der Waals surface area contributed by atoms with Gasteiger partial charge in [-0.05, 0) is 12.2 Å². The van der Waals surface area contributed by atoms with Crippen molar-refractivity contribution in [2.45, 2.75) is 13.3 Å². The van der Waals surface area contributed by atoms with Crippen LogP contribution in [0.5, 0.6) is 0 Å². The van der Waals surface area contributed by atoms with E-state index in [1.54, 1.807) is 0 Å². The average molecular weight is 153 g/mol. The van der Waals surface area contributed by atoms with Crippen LogP contribution < -0.4 is 0 Å². The van der Waals surface area contributed by atoms with Gasteiger partial charge in [-0.15, -0.1) is 11.8 Å². The van der Waals surface area contributed by atoms with E-state index in [1.807, 2.05) is 13.2 Å². The first-order valence-corrected chi connectivity index (χ1v) is 4.29. The van der Waals surface area contributed by atoms with Gasteiger partial charge in [0.1, 0.15) is 5.04 Å². The maximum absolute atomic E-state index is 3.95. The SMILES string of the molecule is C=CN=C(C#CCC)SC. The second-order valence-corrected chi connectivity index (χ2v) is 2.27. The molecule has 0 rings (SSSR count). The highest BCUT2D eigenvalue weighted by Gasteiger charge is 1.84. The molecule has 0 aliphatic heterocycles. The molecule has 0 saturated heterocycles. The van der Waals surface area contributed by atoms with Crippen molar-refractivity contribution in [2.24, 2.45) is 4.99 Å². The number of rotatable bonds is 1. The molecule has 0 N–H and O–H groups in total. The lowest BCUT2D eigenvalue weighted by Crippen LogP contribution is -1.82. The van der Waals surface area contributed by atoms with Gasteiger partial charge in [-0.2, -0.15) is 0 Å². The van der Waals surface area contributed by atoms with Crippen LogP contribution in [-0.2, 0) is 0 Å². The number of nitrogens with zero attached hydrogens (tertiary/aromatic N) is 1. The molecule has 1 nitrogen and oxygen atoms in total. The van der Waals surface area contributed by atoms with Crippen LogP contribution >= 0.6 is 11.8 Å². The van der Waals surface area contributed by atoms with E-state index in [-0.39, 0.29) is 0 Å². The summed E-state index contributed by atoms with van der Waals surface area (Å²) in [4.78, 5) is 3.95. The number of hydrogen-bond donors (Lipinski definition) is 0. The predicted octanol–water partition coefficient (Wildman–Crippen LogP) is 2.30. The summed E-state index contributed by atoms with van der Waals surface area (Å²) in [6, 6.07) is 0. The van der Waals surface area contributed by atoms with Crippen molar-refractivity contribution in [1.29, 1.82) is 0 Å². The fraction of sp³-hybridized carbons (Fsp3) is 0.375. The van der Waals surface area contributed by atoms with Crippen LogP contribution in [0.4, 0.5) is 0 Å². The van der Waals surface area contributed by atoms with Gasteiger partial charge >= 0.3 is 0 Å². The van der Waals surface area contributed by atoms with Crippen LogP contribution in [0.3, 0.4) is 0 Å². The maximum Gasteiger partial charge on any atom is 0.146 e. The third kappa shape index (κ3) is 4.22. The van der Waals surface area contributed by atoms with Gasteiger partial charge in [0, 0.05) is 12.6 Å². The molecule has 2 heteroatoms. The third-order valence-corrected chi connectivity index (χ3v) is 1.37. The Bertz CT molecular complexity index is 183. The van der Waals surface area contributed by atoms with Crippen molar-refractivity contribution in [3.05, 3.63) is 12.8 Å². The second kappa shape index (κ2) is 6.44. The van der Waals surface area contributed by atoms with Crippen LogP contribution in [0.25, 0.3) is 0 Å². The lowest BCUT2D eigenvalue weighted by Gasteiger charge is -1.86. The summed E-state index contributed by atoms with van der Waals surface area (Å²) in [5.74, 6) is 5.85. The van der Waals surface area contributed by atoms with E-state index in [9.17, 15) is 0 Å². The maximum atomic E-state index is 3.95. The average Bonchev–Trinajstić information content (AvgIpc) is 1.98. The molecule has 0 heterocycles. The first-order valence-electron chi connectivity index (χ1n) is 3.06. The minimum Gasteiger partial charge on any atom is -0.241 e. The van der Waals surface area contributed by atoms with Crippen LogP contribution in [-0.4, -0.2) is 11.3 Å². The van der Waals surface area contributed by atoms with Crippen molar-refractivity contribution in [2.75, 3.05) is 6.26 Å². The van der Waals surface area contributed by atoms with E-state index >= 15 is 0 Å². The Morgan fingerprint density at radius 2 is 2.50 bits per heavy atom. The van der Waals surface area contributed by atoms with Crippen LogP contribution in [0, 0.1) is 11.8 Å². The van der Waals surface area contributed by atoms with Crippen molar-refractivity contribution in [1.82, 2.24) is 0 Å². The minimum absolute atomic E-state index is 0.830. The summed E-state index contributed by atoms with van der Waals surface area (Å²) in [7, 11) is 0. The van der Waals surface area contributed by atoms with E-state index in [1.165, 1.54) is 18.0 Å². The molecule has 0 amide bonds. The highest BCUT2D eigenvalue weighted by Crippen LogP contribution is 1.96. The Morgan fingerprint density at radius 3 is 2.90 bits per heavy atom. The lowest BCUT2D eigenvalue weighted by molar-refractivity contribution is 1.28.